The molecule has 0 spiro atoms. The van der Waals surface area contributed by atoms with E-state index in [1.54, 1.807) is 24.3 Å². The van der Waals surface area contributed by atoms with E-state index in [2.05, 4.69) is 40.8 Å². The zero-order valence-corrected chi connectivity index (χ0v) is 16.7. The second kappa shape index (κ2) is 8.61. The number of nitrogens with two attached hydrogens (primary N) is 1. The maximum absolute atomic E-state index is 12.5. The molecule has 1 amide bonds. The number of rotatable bonds is 6. The SMILES string of the molecule is Cc1ccccc1CCn1cc(-c2ccc(C(=O)Nc3ccccc3N)cc2)nn1. The predicted molar refractivity (Wildman–Crippen MR) is 119 cm³/mol. The van der Waals surface area contributed by atoms with Gasteiger partial charge in [-0.2, -0.15) is 0 Å². The van der Waals surface area contributed by atoms with E-state index >= 15 is 0 Å². The van der Waals surface area contributed by atoms with E-state index in [-0.39, 0.29) is 5.91 Å². The molecule has 150 valence electrons. The van der Waals surface area contributed by atoms with Gasteiger partial charge in [0.05, 0.1) is 17.6 Å². The Morgan fingerprint density at radius 3 is 2.50 bits per heavy atom. The highest BCUT2D eigenvalue weighted by molar-refractivity contribution is 6.05. The minimum atomic E-state index is -0.207. The maximum Gasteiger partial charge on any atom is 0.255 e. The number of nitrogens with zero attached hydrogens (tertiary/aromatic N) is 3. The number of aromatic nitrogens is 3. The number of para-hydroxylation sites is 2. The van der Waals surface area contributed by atoms with E-state index in [0.29, 0.717) is 16.9 Å². The lowest BCUT2D eigenvalue weighted by atomic mass is 10.1. The van der Waals surface area contributed by atoms with Crippen LogP contribution in [0.4, 0.5) is 11.4 Å². The molecule has 0 aliphatic rings. The molecule has 0 fully saturated rings. The first-order chi connectivity index (χ1) is 14.6. The molecule has 6 heteroatoms. The van der Waals surface area contributed by atoms with Crippen LogP contribution in [0.5, 0.6) is 0 Å². The van der Waals surface area contributed by atoms with Gasteiger partial charge in [0.1, 0.15) is 5.69 Å². The monoisotopic (exact) mass is 397 g/mol. The number of hydrogen-bond acceptors (Lipinski definition) is 4. The zero-order valence-electron chi connectivity index (χ0n) is 16.7. The van der Waals surface area contributed by atoms with Crippen LogP contribution < -0.4 is 11.1 Å². The zero-order chi connectivity index (χ0) is 20.9. The molecular weight excluding hydrogens is 374 g/mol. The largest absolute Gasteiger partial charge is 0.397 e. The van der Waals surface area contributed by atoms with Crippen LogP contribution in [0.1, 0.15) is 21.5 Å². The van der Waals surface area contributed by atoms with E-state index < -0.39 is 0 Å². The van der Waals surface area contributed by atoms with Gasteiger partial charge in [-0.15, -0.1) is 5.10 Å². The predicted octanol–water partition coefficient (Wildman–Crippen LogP) is 4.33. The number of amides is 1. The third-order valence-corrected chi connectivity index (χ3v) is 5.06. The quantitative estimate of drug-likeness (QED) is 0.474. The third kappa shape index (κ3) is 4.38. The van der Waals surface area contributed by atoms with E-state index in [0.717, 1.165) is 24.2 Å². The Labute approximate surface area is 175 Å². The molecular formula is C24H23N5O. The van der Waals surface area contributed by atoms with Gasteiger partial charge in [-0.25, -0.2) is 0 Å². The van der Waals surface area contributed by atoms with Gasteiger partial charge in [-0.05, 0) is 48.7 Å². The summed E-state index contributed by atoms with van der Waals surface area (Å²) in [5, 5.41) is 11.3. The highest BCUT2D eigenvalue weighted by Gasteiger charge is 2.10. The van der Waals surface area contributed by atoms with Crippen molar-refractivity contribution in [2.24, 2.45) is 0 Å². The molecule has 0 aliphatic heterocycles. The van der Waals surface area contributed by atoms with Crippen molar-refractivity contribution in [3.8, 4) is 11.3 Å². The van der Waals surface area contributed by atoms with Crippen LogP contribution in [0.15, 0.2) is 79.0 Å². The topological polar surface area (TPSA) is 85.8 Å². The highest BCUT2D eigenvalue weighted by Crippen LogP contribution is 2.20. The van der Waals surface area contributed by atoms with E-state index in [9.17, 15) is 4.79 Å². The summed E-state index contributed by atoms with van der Waals surface area (Å²) in [5.41, 5.74) is 11.8. The van der Waals surface area contributed by atoms with Crippen LogP contribution in [-0.4, -0.2) is 20.9 Å². The summed E-state index contributed by atoms with van der Waals surface area (Å²) < 4.78 is 1.85. The number of anilines is 2. The maximum atomic E-state index is 12.5. The Hall–Kier alpha value is -3.93. The van der Waals surface area contributed by atoms with Gasteiger partial charge in [-0.3, -0.25) is 9.48 Å². The summed E-state index contributed by atoms with van der Waals surface area (Å²) in [4.78, 5) is 12.5. The van der Waals surface area contributed by atoms with Crippen LogP contribution in [0.25, 0.3) is 11.3 Å². The molecule has 0 saturated carbocycles. The first kappa shape index (κ1) is 19.4. The molecule has 3 N–H and O–H groups in total. The number of carbonyl (C=O) groups excluding carboxylic acids is 1. The fourth-order valence-electron chi connectivity index (χ4n) is 3.26. The van der Waals surface area contributed by atoms with Crippen molar-refractivity contribution in [1.82, 2.24) is 15.0 Å². The molecule has 6 nitrogen and oxygen atoms in total. The van der Waals surface area contributed by atoms with Crippen molar-refractivity contribution in [3.63, 3.8) is 0 Å². The summed E-state index contributed by atoms with van der Waals surface area (Å²) in [5.74, 6) is -0.207. The Balaban J connectivity index is 1.41. The van der Waals surface area contributed by atoms with Crippen LogP contribution in [0.2, 0.25) is 0 Å². The molecule has 0 bridgehead atoms. The second-order valence-electron chi connectivity index (χ2n) is 7.16. The first-order valence-electron chi connectivity index (χ1n) is 9.81. The Morgan fingerprint density at radius 2 is 1.73 bits per heavy atom. The number of nitrogens with one attached hydrogen (secondary N) is 1. The van der Waals surface area contributed by atoms with E-state index in [4.69, 9.17) is 5.73 Å². The van der Waals surface area contributed by atoms with Crippen molar-refractivity contribution in [2.45, 2.75) is 19.9 Å². The fourth-order valence-corrected chi connectivity index (χ4v) is 3.26. The minimum Gasteiger partial charge on any atom is -0.397 e. The van der Waals surface area contributed by atoms with Crippen LogP contribution in [0.3, 0.4) is 0 Å². The van der Waals surface area contributed by atoms with Crippen LogP contribution in [0, 0.1) is 6.92 Å². The van der Waals surface area contributed by atoms with Crippen molar-refractivity contribution in [1.29, 1.82) is 0 Å². The summed E-state index contributed by atoms with van der Waals surface area (Å²) in [6, 6.07) is 22.8. The number of aryl methyl sites for hydroxylation is 3. The van der Waals surface area contributed by atoms with Gasteiger partial charge in [0, 0.05) is 17.7 Å². The number of carbonyl (C=O) groups is 1. The highest BCUT2D eigenvalue weighted by atomic mass is 16.1. The molecule has 4 rings (SSSR count). The van der Waals surface area contributed by atoms with Crippen molar-refractivity contribution in [3.05, 3.63) is 95.7 Å². The molecule has 4 aromatic rings. The molecule has 30 heavy (non-hydrogen) atoms. The number of nitrogen functional groups attached to an aromatic ring is 1. The van der Waals surface area contributed by atoms with Gasteiger partial charge in [-0.1, -0.05) is 53.7 Å². The summed E-state index contributed by atoms with van der Waals surface area (Å²) in [6.45, 7) is 2.88. The summed E-state index contributed by atoms with van der Waals surface area (Å²) in [7, 11) is 0. The first-order valence-corrected chi connectivity index (χ1v) is 9.81. The lowest BCUT2D eigenvalue weighted by Gasteiger charge is -2.08. The van der Waals surface area contributed by atoms with Crippen molar-refractivity contribution in [2.75, 3.05) is 11.1 Å². The molecule has 0 unspecified atom stereocenters. The average molecular weight is 397 g/mol. The van der Waals surface area contributed by atoms with Gasteiger partial charge in [0.2, 0.25) is 0 Å². The Bertz CT molecular complexity index is 1160. The Kier molecular flexibility index (Phi) is 5.57. The standard InChI is InChI=1S/C24H23N5O/c1-17-6-2-3-7-18(17)14-15-29-16-23(27-28-29)19-10-12-20(13-11-19)24(30)26-22-9-5-4-8-21(22)25/h2-13,16H,14-15,25H2,1H3,(H,26,30). The second-order valence-corrected chi connectivity index (χ2v) is 7.16. The van der Waals surface area contributed by atoms with E-state index in [1.807, 2.05) is 41.2 Å². The summed E-state index contributed by atoms with van der Waals surface area (Å²) in [6.07, 6.45) is 2.83. The molecule has 0 atom stereocenters. The van der Waals surface area contributed by atoms with Crippen molar-refractivity contribution >= 4 is 17.3 Å². The molecule has 1 heterocycles. The third-order valence-electron chi connectivity index (χ3n) is 5.06. The fraction of sp³-hybridized carbons (Fsp3) is 0.125. The minimum absolute atomic E-state index is 0.207. The lowest BCUT2D eigenvalue weighted by molar-refractivity contribution is 0.102. The normalized spacial score (nSPS) is 10.7. The van der Waals surface area contributed by atoms with E-state index in [1.165, 1.54) is 11.1 Å². The lowest BCUT2D eigenvalue weighted by Crippen LogP contribution is -2.12. The molecule has 1 aromatic heterocycles. The van der Waals surface area contributed by atoms with Gasteiger partial charge in [0.25, 0.3) is 5.91 Å². The molecule has 0 aliphatic carbocycles. The number of benzene rings is 3. The van der Waals surface area contributed by atoms with Gasteiger partial charge >= 0.3 is 0 Å². The van der Waals surface area contributed by atoms with Gasteiger partial charge < -0.3 is 11.1 Å². The summed E-state index contributed by atoms with van der Waals surface area (Å²) >= 11 is 0. The Morgan fingerprint density at radius 1 is 1.00 bits per heavy atom. The average Bonchev–Trinajstić information content (AvgIpc) is 3.24. The smallest absolute Gasteiger partial charge is 0.255 e. The molecule has 0 radical (unpaired) electrons. The van der Waals surface area contributed by atoms with Crippen LogP contribution in [-0.2, 0) is 13.0 Å². The number of hydrogen-bond donors (Lipinski definition) is 2. The van der Waals surface area contributed by atoms with Crippen molar-refractivity contribution < 1.29 is 4.79 Å². The molecule has 0 saturated heterocycles. The van der Waals surface area contributed by atoms with Gasteiger partial charge in [0.15, 0.2) is 0 Å². The van der Waals surface area contributed by atoms with Crippen LogP contribution >= 0.6 is 0 Å². The molecule has 3 aromatic carbocycles.